The first-order valence-corrected chi connectivity index (χ1v) is 8.29. The standard InChI is InChI=1S/C19H18ClN3.ClH/c1-2-13-8-9-16(21-11-13)19-18-7-4-10-23(18)17-6-3-5-15(20)14(17)12-22-19;/h3-11,19,22H,2,12H2,1H3;1H. The van der Waals surface area contributed by atoms with Crippen LogP contribution in [0.4, 0.5) is 0 Å². The molecule has 2 aromatic heterocycles. The molecular weight excluding hydrogens is 341 g/mol. The number of hydrogen-bond acceptors (Lipinski definition) is 2. The van der Waals surface area contributed by atoms with Gasteiger partial charge in [-0.05, 0) is 42.3 Å². The van der Waals surface area contributed by atoms with Gasteiger partial charge in [-0.2, -0.15) is 0 Å². The van der Waals surface area contributed by atoms with Crippen LogP contribution in [0.3, 0.4) is 0 Å². The lowest BCUT2D eigenvalue weighted by Gasteiger charge is -2.17. The van der Waals surface area contributed by atoms with Crippen LogP contribution in [0.2, 0.25) is 5.02 Å². The van der Waals surface area contributed by atoms with Gasteiger partial charge in [0.05, 0.1) is 17.4 Å². The molecule has 124 valence electrons. The van der Waals surface area contributed by atoms with E-state index in [4.69, 9.17) is 11.6 Å². The van der Waals surface area contributed by atoms with Crippen LogP contribution in [0.5, 0.6) is 0 Å². The summed E-state index contributed by atoms with van der Waals surface area (Å²) in [6.07, 6.45) is 5.06. The average molecular weight is 360 g/mol. The van der Waals surface area contributed by atoms with Crippen LogP contribution in [0.1, 0.15) is 35.5 Å². The highest BCUT2D eigenvalue weighted by Gasteiger charge is 2.24. The van der Waals surface area contributed by atoms with Crippen molar-refractivity contribution in [2.75, 3.05) is 0 Å². The highest BCUT2D eigenvalue weighted by atomic mass is 35.5. The smallest absolute Gasteiger partial charge is 0.0911 e. The largest absolute Gasteiger partial charge is 0.319 e. The van der Waals surface area contributed by atoms with E-state index in [1.807, 2.05) is 18.3 Å². The molecule has 1 N–H and O–H groups in total. The number of halogens is 2. The SMILES string of the molecule is CCc1ccc(C2NCc3c(Cl)cccc3-n3cccc32)nc1.Cl. The van der Waals surface area contributed by atoms with Crippen molar-refractivity contribution in [1.29, 1.82) is 0 Å². The zero-order valence-corrected chi connectivity index (χ0v) is 14.9. The monoisotopic (exact) mass is 359 g/mol. The van der Waals surface area contributed by atoms with Crippen LogP contribution in [0.15, 0.2) is 54.9 Å². The van der Waals surface area contributed by atoms with Gasteiger partial charge < -0.3 is 4.57 Å². The Morgan fingerprint density at radius 3 is 2.83 bits per heavy atom. The first-order chi connectivity index (χ1) is 11.3. The summed E-state index contributed by atoms with van der Waals surface area (Å²) < 4.78 is 2.21. The third-order valence-electron chi connectivity index (χ3n) is 4.46. The van der Waals surface area contributed by atoms with Crippen molar-refractivity contribution < 1.29 is 0 Å². The fraction of sp³-hybridized carbons (Fsp3) is 0.211. The molecule has 0 radical (unpaired) electrons. The van der Waals surface area contributed by atoms with Crippen molar-refractivity contribution in [3.05, 3.63) is 82.4 Å². The Labute approximate surface area is 153 Å². The van der Waals surface area contributed by atoms with E-state index in [-0.39, 0.29) is 18.4 Å². The average Bonchev–Trinajstić information content (AvgIpc) is 3.00. The van der Waals surface area contributed by atoms with E-state index in [1.165, 1.54) is 11.3 Å². The lowest BCUT2D eigenvalue weighted by atomic mass is 10.1. The van der Waals surface area contributed by atoms with Gasteiger partial charge in [-0.25, -0.2) is 0 Å². The molecule has 0 aliphatic carbocycles. The molecule has 1 unspecified atom stereocenters. The van der Waals surface area contributed by atoms with Gasteiger partial charge in [0, 0.05) is 35.2 Å². The Balaban J connectivity index is 0.00000169. The summed E-state index contributed by atoms with van der Waals surface area (Å²) in [5, 5.41) is 4.40. The van der Waals surface area contributed by atoms with Crippen molar-refractivity contribution in [3.8, 4) is 5.69 Å². The van der Waals surface area contributed by atoms with E-state index in [9.17, 15) is 0 Å². The van der Waals surface area contributed by atoms with Crippen LogP contribution >= 0.6 is 24.0 Å². The van der Waals surface area contributed by atoms with E-state index in [0.29, 0.717) is 0 Å². The first-order valence-electron chi connectivity index (χ1n) is 7.91. The summed E-state index contributed by atoms with van der Waals surface area (Å²) in [6.45, 7) is 2.86. The number of fused-ring (bicyclic) bond motifs is 3. The van der Waals surface area contributed by atoms with Crippen molar-refractivity contribution in [2.45, 2.75) is 25.9 Å². The van der Waals surface area contributed by atoms with Gasteiger partial charge in [0.2, 0.25) is 0 Å². The van der Waals surface area contributed by atoms with Gasteiger partial charge in [-0.3, -0.25) is 10.3 Å². The quantitative estimate of drug-likeness (QED) is 0.718. The molecule has 0 bridgehead atoms. The van der Waals surface area contributed by atoms with E-state index in [0.717, 1.165) is 34.9 Å². The molecule has 1 atom stereocenters. The second kappa shape index (κ2) is 6.98. The highest BCUT2D eigenvalue weighted by Crippen LogP contribution is 2.32. The number of benzene rings is 1. The number of nitrogens with one attached hydrogen (secondary N) is 1. The maximum absolute atomic E-state index is 6.41. The molecular formula is C19H19Cl2N3. The molecule has 3 aromatic rings. The number of rotatable bonds is 2. The van der Waals surface area contributed by atoms with E-state index in [1.54, 1.807) is 0 Å². The van der Waals surface area contributed by atoms with Crippen LogP contribution in [-0.4, -0.2) is 9.55 Å². The minimum absolute atomic E-state index is 0. The Kier molecular flexibility index (Phi) is 4.95. The van der Waals surface area contributed by atoms with E-state index >= 15 is 0 Å². The van der Waals surface area contributed by atoms with Gasteiger partial charge in [0.15, 0.2) is 0 Å². The minimum Gasteiger partial charge on any atom is -0.319 e. The van der Waals surface area contributed by atoms with E-state index < -0.39 is 0 Å². The molecule has 4 rings (SSSR count). The lowest BCUT2D eigenvalue weighted by Crippen LogP contribution is -2.22. The van der Waals surface area contributed by atoms with Crippen molar-refractivity contribution in [3.63, 3.8) is 0 Å². The van der Waals surface area contributed by atoms with Crippen molar-refractivity contribution in [1.82, 2.24) is 14.9 Å². The van der Waals surface area contributed by atoms with Gasteiger partial charge in [0.25, 0.3) is 0 Å². The summed E-state index contributed by atoms with van der Waals surface area (Å²) in [5.74, 6) is 0. The van der Waals surface area contributed by atoms with Crippen LogP contribution in [0.25, 0.3) is 5.69 Å². The maximum atomic E-state index is 6.41. The molecule has 0 spiro atoms. The lowest BCUT2D eigenvalue weighted by molar-refractivity contribution is 0.587. The fourth-order valence-corrected chi connectivity index (χ4v) is 3.41. The Bertz CT molecular complexity index is 840. The predicted molar refractivity (Wildman–Crippen MR) is 100 cm³/mol. The molecule has 0 amide bonds. The summed E-state index contributed by atoms with van der Waals surface area (Å²) >= 11 is 6.41. The second-order valence-electron chi connectivity index (χ2n) is 5.80. The maximum Gasteiger partial charge on any atom is 0.0911 e. The molecule has 3 heterocycles. The number of hydrogen-bond donors (Lipinski definition) is 1. The minimum atomic E-state index is 0. The number of nitrogens with zero attached hydrogens (tertiary/aromatic N) is 2. The van der Waals surface area contributed by atoms with Crippen molar-refractivity contribution in [2.24, 2.45) is 0 Å². The molecule has 5 heteroatoms. The zero-order valence-electron chi connectivity index (χ0n) is 13.4. The summed E-state index contributed by atoms with van der Waals surface area (Å²) in [5.41, 5.74) is 5.73. The zero-order chi connectivity index (χ0) is 15.8. The van der Waals surface area contributed by atoms with Crippen LogP contribution in [0, 0.1) is 0 Å². The third kappa shape index (κ3) is 2.84. The Hall–Kier alpha value is -1.81. The fourth-order valence-electron chi connectivity index (χ4n) is 3.18. The highest BCUT2D eigenvalue weighted by molar-refractivity contribution is 6.31. The van der Waals surface area contributed by atoms with Crippen LogP contribution < -0.4 is 5.32 Å². The molecule has 1 aliphatic heterocycles. The number of pyridine rings is 1. The molecule has 24 heavy (non-hydrogen) atoms. The number of aryl methyl sites for hydroxylation is 1. The van der Waals surface area contributed by atoms with Crippen molar-refractivity contribution >= 4 is 24.0 Å². The molecule has 3 nitrogen and oxygen atoms in total. The molecule has 0 saturated heterocycles. The van der Waals surface area contributed by atoms with Gasteiger partial charge in [-0.1, -0.05) is 30.7 Å². The third-order valence-corrected chi connectivity index (χ3v) is 4.82. The summed E-state index contributed by atoms with van der Waals surface area (Å²) in [4.78, 5) is 4.67. The molecule has 1 aliphatic rings. The summed E-state index contributed by atoms with van der Waals surface area (Å²) in [6, 6.07) is 14.6. The van der Waals surface area contributed by atoms with Gasteiger partial charge >= 0.3 is 0 Å². The van der Waals surface area contributed by atoms with E-state index in [2.05, 4.69) is 58.3 Å². The normalized spacial score (nSPS) is 15.8. The van der Waals surface area contributed by atoms with Gasteiger partial charge in [-0.15, -0.1) is 12.4 Å². The second-order valence-corrected chi connectivity index (χ2v) is 6.21. The molecule has 0 fully saturated rings. The molecule has 0 saturated carbocycles. The Morgan fingerprint density at radius 1 is 1.21 bits per heavy atom. The van der Waals surface area contributed by atoms with Gasteiger partial charge in [0.1, 0.15) is 0 Å². The Morgan fingerprint density at radius 2 is 2.08 bits per heavy atom. The van der Waals surface area contributed by atoms with Crippen LogP contribution in [-0.2, 0) is 13.0 Å². The molecule has 1 aromatic carbocycles. The topological polar surface area (TPSA) is 29.9 Å². The predicted octanol–water partition coefficient (Wildman–Crippen LogP) is 4.70. The summed E-state index contributed by atoms with van der Waals surface area (Å²) in [7, 11) is 0. The number of aromatic nitrogens is 2. The first kappa shape index (κ1) is 17.0.